The molecule has 0 aromatic rings. The second kappa shape index (κ2) is 4.21. The van der Waals surface area contributed by atoms with E-state index >= 15 is 0 Å². The van der Waals surface area contributed by atoms with Crippen LogP contribution in [0.4, 0.5) is 0 Å². The van der Waals surface area contributed by atoms with E-state index in [1.807, 2.05) is 6.92 Å². The Kier molecular flexibility index (Phi) is 3.50. The highest BCUT2D eigenvalue weighted by Crippen LogP contribution is 2.27. The molecule has 1 fully saturated rings. The number of aliphatic hydroxyl groups excluding tert-OH is 1. The van der Waals surface area contributed by atoms with E-state index in [0.29, 0.717) is 12.6 Å². The fraction of sp³-hybridized carbons (Fsp3) is 1.00. The number of rotatable bonds is 4. The average Bonchev–Trinajstić information content (AvgIpc) is 2.57. The van der Waals surface area contributed by atoms with E-state index in [-0.39, 0.29) is 12.0 Å². The van der Waals surface area contributed by atoms with Gasteiger partial charge in [0.05, 0.1) is 6.10 Å². The Morgan fingerprint density at radius 2 is 2.42 bits per heavy atom. The molecule has 12 heavy (non-hydrogen) atoms. The summed E-state index contributed by atoms with van der Waals surface area (Å²) in [5, 5.41) is 9.11. The van der Waals surface area contributed by atoms with Crippen LogP contribution in [0.5, 0.6) is 0 Å². The number of ether oxygens (including phenoxy) is 1. The Labute approximate surface area is 73.9 Å². The highest BCUT2D eigenvalue weighted by molar-refractivity contribution is 4.80. The zero-order valence-corrected chi connectivity index (χ0v) is 7.75. The second-order valence-electron chi connectivity index (χ2n) is 4.01. The summed E-state index contributed by atoms with van der Waals surface area (Å²) >= 11 is 0. The lowest BCUT2D eigenvalue weighted by Crippen LogP contribution is -2.34. The van der Waals surface area contributed by atoms with Crippen molar-refractivity contribution in [2.24, 2.45) is 11.1 Å². The largest absolute Gasteiger partial charge is 0.396 e. The molecule has 1 aliphatic rings. The summed E-state index contributed by atoms with van der Waals surface area (Å²) in [6.45, 7) is 3.57. The molecule has 1 saturated heterocycles. The minimum absolute atomic E-state index is 0.144. The van der Waals surface area contributed by atoms with Crippen molar-refractivity contribution in [3.63, 3.8) is 0 Å². The van der Waals surface area contributed by atoms with Gasteiger partial charge >= 0.3 is 0 Å². The summed E-state index contributed by atoms with van der Waals surface area (Å²) < 4.78 is 5.49. The molecule has 1 aliphatic heterocycles. The lowest BCUT2D eigenvalue weighted by molar-refractivity contribution is 0.0433. The summed E-state index contributed by atoms with van der Waals surface area (Å²) in [5.41, 5.74) is 5.44. The quantitative estimate of drug-likeness (QED) is 0.651. The Morgan fingerprint density at radius 3 is 2.83 bits per heavy atom. The maximum absolute atomic E-state index is 9.11. The van der Waals surface area contributed by atoms with Crippen LogP contribution in [-0.4, -0.2) is 31.0 Å². The molecule has 1 rings (SSSR count). The minimum Gasteiger partial charge on any atom is -0.396 e. The first kappa shape index (κ1) is 9.96. The minimum atomic E-state index is -0.144. The first-order valence-electron chi connectivity index (χ1n) is 4.63. The molecule has 0 aromatic heterocycles. The molecule has 0 radical (unpaired) electrons. The molecule has 3 nitrogen and oxygen atoms in total. The third-order valence-electron chi connectivity index (χ3n) is 2.62. The molecule has 0 spiro atoms. The van der Waals surface area contributed by atoms with Crippen molar-refractivity contribution in [1.29, 1.82) is 0 Å². The molecule has 1 heterocycles. The predicted octanol–water partition coefficient (Wildman–Crippen LogP) is 0.513. The van der Waals surface area contributed by atoms with Crippen molar-refractivity contribution in [2.45, 2.75) is 32.3 Å². The number of nitrogens with two attached hydrogens (primary N) is 1. The smallest absolute Gasteiger partial charge is 0.0582 e. The summed E-state index contributed by atoms with van der Waals surface area (Å²) in [6.07, 6.45) is 3.48. The van der Waals surface area contributed by atoms with Crippen molar-refractivity contribution in [3.05, 3.63) is 0 Å². The van der Waals surface area contributed by atoms with E-state index in [2.05, 4.69) is 0 Å². The van der Waals surface area contributed by atoms with E-state index in [1.165, 1.54) is 0 Å². The van der Waals surface area contributed by atoms with Crippen LogP contribution in [0.3, 0.4) is 0 Å². The maximum atomic E-state index is 9.11. The van der Waals surface area contributed by atoms with Crippen molar-refractivity contribution in [2.75, 3.05) is 19.8 Å². The van der Waals surface area contributed by atoms with Crippen LogP contribution in [-0.2, 0) is 4.74 Å². The molecule has 0 saturated carbocycles. The van der Waals surface area contributed by atoms with Gasteiger partial charge in [-0.3, -0.25) is 0 Å². The van der Waals surface area contributed by atoms with Gasteiger partial charge in [0.15, 0.2) is 0 Å². The second-order valence-corrected chi connectivity index (χ2v) is 4.01. The zero-order chi connectivity index (χ0) is 9.03. The molecule has 72 valence electrons. The summed E-state index contributed by atoms with van der Waals surface area (Å²) in [5.74, 6) is 0. The molecular formula is C9H19NO2. The first-order valence-corrected chi connectivity index (χ1v) is 4.63. The van der Waals surface area contributed by atoms with Gasteiger partial charge < -0.3 is 15.6 Å². The van der Waals surface area contributed by atoms with E-state index in [4.69, 9.17) is 15.6 Å². The van der Waals surface area contributed by atoms with Crippen molar-refractivity contribution >= 4 is 0 Å². The normalized spacial score (nSPS) is 28.8. The first-order chi connectivity index (χ1) is 5.70. The van der Waals surface area contributed by atoms with Crippen LogP contribution in [0.25, 0.3) is 0 Å². The summed E-state index contributed by atoms with van der Waals surface area (Å²) in [7, 11) is 0. The van der Waals surface area contributed by atoms with Crippen molar-refractivity contribution in [3.8, 4) is 0 Å². The van der Waals surface area contributed by atoms with Gasteiger partial charge in [-0.05, 0) is 25.8 Å². The Bertz CT molecular complexity index is 128. The van der Waals surface area contributed by atoms with Gasteiger partial charge in [0, 0.05) is 18.6 Å². The van der Waals surface area contributed by atoms with Crippen LogP contribution in [0.1, 0.15) is 26.2 Å². The monoisotopic (exact) mass is 173 g/mol. The number of hydrogen-bond acceptors (Lipinski definition) is 3. The zero-order valence-electron chi connectivity index (χ0n) is 7.75. The number of hydrogen-bond donors (Lipinski definition) is 2. The predicted molar refractivity (Wildman–Crippen MR) is 47.8 cm³/mol. The SMILES string of the molecule is CC(CN)(CO)CC1CCCO1. The molecule has 0 aliphatic carbocycles. The Morgan fingerprint density at radius 1 is 1.67 bits per heavy atom. The molecule has 0 amide bonds. The van der Waals surface area contributed by atoms with Crippen LogP contribution < -0.4 is 5.73 Å². The van der Waals surface area contributed by atoms with Crippen LogP contribution in [0.15, 0.2) is 0 Å². The van der Waals surface area contributed by atoms with Gasteiger partial charge in [0.25, 0.3) is 0 Å². The fourth-order valence-corrected chi connectivity index (χ4v) is 1.57. The Hall–Kier alpha value is -0.120. The standard InChI is InChI=1S/C9H19NO2/c1-9(6-10,7-11)5-8-3-2-4-12-8/h8,11H,2-7,10H2,1H3. The molecule has 2 unspecified atom stereocenters. The van der Waals surface area contributed by atoms with Gasteiger partial charge in [-0.2, -0.15) is 0 Å². The van der Waals surface area contributed by atoms with Gasteiger partial charge in [0.1, 0.15) is 0 Å². The molecule has 3 heteroatoms. The van der Waals surface area contributed by atoms with Gasteiger partial charge in [-0.25, -0.2) is 0 Å². The lowest BCUT2D eigenvalue weighted by atomic mass is 9.85. The molecule has 3 N–H and O–H groups in total. The molecule has 0 bridgehead atoms. The van der Waals surface area contributed by atoms with Crippen LogP contribution in [0, 0.1) is 5.41 Å². The van der Waals surface area contributed by atoms with Gasteiger partial charge in [-0.15, -0.1) is 0 Å². The van der Waals surface area contributed by atoms with Crippen LogP contribution >= 0.6 is 0 Å². The van der Waals surface area contributed by atoms with Gasteiger partial charge in [0.2, 0.25) is 0 Å². The highest BCUT2D eigenvalue weighted by atomic mass is 16.5. The van der Waals surface area contributed by atoms with E-state index in [0.717, 1.165) is 25.9 Å². The maximum Gasteiger partial charge on any atom is 0.0582 e. The lowest BCUT2D eigenvalue weighted by Gasteiger charge is -2.27. The molecule has 0 aromatic carbocycles. The molecule has 2 atom stereocenters. The topological polar surface area (TPSA) is 55.5 Å². The fourth-order valence-electron chi connectivity index (χ4n) is 1.57. The Balaban J connectivity index is 2.35. The summed E-state index contributed by atoms with van der Waals surface area (Å²) in [6, 6.07) is 0. The molecular weight excluding hydrogens is 154 g/mol. The van der Waals surface area contributed by atoms with Crippen LogP contribution in [0.2, 0.25) is 0 Å². The van der Waals surface area contributed by atoms with Crippen molar-refractivity contribution in [1.82, 2.24) is 0 Å². The third kappa shape index (κ3) is 2.44. The van der Waals surface area contributed by atoms with Crippen molar-refractivity contribution < 1.29 is 9.84 Å². The van der Waals surface area contributed by atoms with E-state index in [1.54, 1.807) is 0 Å². The van der Waals surface area contributed by atoms with Gasteiger partial charge in [-0.1, -0.05) is 6.92 Å². The van der Waals surface area contributed by atoms with E-state index < -0.39 is 0 Å². The summed E-state index contributed by atoms with van der Waals surface area (Å²) in [4.78, 5) is 0. The average molecular weight is 173 g/mol. The highest BCUT2D eigenvalue weighted by Gasteiger charge is 2.28. The van der Waals surface area contributed by atoms with E-state index in [9.17, 15) is 0 Å². The number of aliphatic hydroxyl groups is 1. The third-order valence-corrected chi connectivity index (χ3v) is 2.62.